The lowest BCUT2D eigenvalue weighted by Crippen LogP contribution is -2.37. The smallest absolute Gasteiger partial charge is 0.250 e. The van der Waals surface area contributed by atoms with Crippen LogP contribution in [0, 0.1) is 11.8 Å². The second kappa shape index (κ2) is 6.19. The largest absolute Gasteiger partial charge is 0.381 e. The fraction of sp³-hybridized carbons (Fsp3) is 0.474. The van der Waals surface area contributed by atoms with E-state index >= 15 is 0 Å². The topological polar surface area (TPSA) is 111 Å². The van der Waals surface area contributed by atoms with Gasteiger partial charge in [-0.25, -0.2) is 0 Å². The minimum atomic E-state index is -0.446. The number of fused-ring (bicyclic) bond motifs is 3. The van der Waals surface area contributed by atoms with Crippen molar-refractivity contribution < 1.29 is 14.3 Å². The molecular formula is C19H23N3O3. The minimum absolute atomic E-state index is 0.0540. The SMILES string of the molecule is NC(=O)c1cccc2c3c([nH]c12)C(C1CCOCC1)C(C(N)=O)CC3. The number of aromatic nitrogens is 1. The van der Waals surface area contributed by atoms with Crippen molar-refractivity contribution in [2.45, 2.75) is 31.6 Å². The van der Waals surface area contributed by atoms with Crippen LogP contribution >= 0.6 is 0 Å². The summed E-state index contributed by atoms with van der Waals surface area (Å²) in [5.41, 5.74) is 14.8. The summed E-state index contributed by atoms with van der Waals surface area (Å²) >= 11 is 0. The Morgan fingerprint density at radius 2 is 1.88 bits per heavy atom. The fourth-order valence-corrected chi connectivity index (χ4v) is 4.69. The summed E-state index contributed by atoms with van der Waals surface area (Å²) in [7, 11) is 0. The third-order valence-corrected chi connectivity index (χ3v) is 5.85. The zero-order valence-electron chi connectivity index (χ0n) is 14.1. The summed E-state index contributed by atoms with van der Waals surface area (Å²) in [6, 6.07) is 5.62. The van der Waals surface area contributed by atoms with Gasteiger partial charge in [0, 0.05) is 36.1 Å². The van der Waals surface area contributed by atoms with Gasteiger partial charge in [0.15, 0.2) is 0 Å². The van der Waals surface area contributed by atoms with Crippen molar-refractivity contribution in [2.75, 3.05) is 13.2 Å². The molecule has 1 aromatic carbocycles. The zero-order valence-corrected chi connectivity index (χ0v) is 14.1. The van der Waals surface area contributed by atoms with Gasteiger partial charge in [0.05, 0.1) is 11.1 Å². The number of amides is 2. The van der Waals surface area contributed by atoms with E-state index in [1.54, 1.807) is 6.07 Å². The molecule has 0 bridgehead atoms. The number of carbonyl (C=O) groups excluding carboxylic acids is 2. The lowest BCUT2D eigenvalue weighted by Gasteiger charge is -2.37. The highest BCUT2D eigenvalue weighted by Gasteiger charge is 2.40. The highest BCUT2D eigenvalue weighted by Crippen LogP contribution is 2.46. The number of nitrogens with one attached hydrogen (secondary N) is 1. The molecule has 1 aliphatic heterocycles. The molecule has 2 aliphatic rings. The average Bonchev–Trinajstić information content (AvgIpc) is 3.00. The summed E-state index contributed by atoms with van der Waals surface area (Å²) < 4.78 is 5.50. The molecule has 1 aromatic heterocycles. The standard InChI is InChI=1S/C19H23N3O3/c20-18(23)13-5-4-12-11-2-1-3-14(19(21)24)16(11)22-17(12)15(13)10-6-8-25-9-7-10/h1-3,10,13,15,22H,4-9H2,(H2,20,23)(H2,21,24). The number of benzene rings is 1. The molecule has 4 rings (SSSR count). The van der Waals surface area contributed by atoms with Gasteiger partial charge in [-0.15, -0.1) is 0 Å². The Morgan fingerprint density at radius 1 is 1.12 bits per heavy atom. The van der Waals surface area contributed by atoms with E-state index in [1.807, 2.05) is 12.1 Å². The summed E-state index contributed by atoms with van der Waals surface area (Å²) in [6.45, 7) is 1.43. The Labute approximate surface area is 145 Å². The molecule has 6 heteroatoms. The van der Waals surface area contributed by atoms with E-state index in [-0.39, 0.29) is 17.7 Å². The van der Waals surface area contributed by atoms with Crippen LogP contribution in [0.1, 0.15) is 46.8 Å². The molecule has 0 spiro atoms. The van der Waals surface area contributed by atoms with Crippen LogP contribution in [0.15, 0.2) is 18.2 Å². The number of hydrogen-bond donors (Lipinski definition) is 3. The third kappa shape index (κ3) is 2.61. The number of nitrogens with two attached hydrogens (primary N) is 2. The van der Waals surface area contributed by atoms with Crippen molar-refractivity contribution >= 4 is 22.7 Å². The molecule has 0 saturated carbocycles. The summed E-state index contributed by atoms with van der Waals surface area (Å²) in [4.78, 5) is 27.4. The molecule has 2 unspecified atom stereocenters. The highest BCUT2D eigenvalue weighted by molar-refractivity contribution is 6.06. The molecule has 0 radical (unpaired) electrons. The van der Waals surface area contributed by atoms with Crippen LogP contribution in [-0.2, 0) is 16.0 Å². The average molecular weight is 341 g/mol. The van der Waals surface area contributed by atoms with Gasteiger partial charge in [-0.1, -0.05) is 12.1 Å². The van der Waals surface area contributed by atoms with Gasteiger partial charge in [-0.05, 0) is 43.2 Å². The van der Waals surface area contributed by atoms with Crippen molar-refractivity contribution in [1.29, 1.82) is 0 Å². The van der Waals surface area contributed by atoms with Crippen molar-refractivity contribution in [1.82, 2.24) is 4.98 Å². The lowest BCUT2D eigenvalue weighted by atomic mass is 9.69. The molecule has 1 aliphatic carbocycles. The van der Waals surface area contributed by atoms with Gasteiger partial charge in [-0.3, -0.25) is 9.59 Å². The first kappa shape index (κ1) is 16.1. The van der Waals surface area contributed by atoms with E-state index < -0.39 is 5.91 Å². The van der Waals surface area contributed by atoms with Crippen molar-refractivity contribution in [3.8, 4) is 0 Å². The molecule has 25 heavy (non-hydrogen) atoms. The maximum absolute atomic E-state index is 12.1. The van der Waals surface area contributed by atoms with E-state index in [0.29, 0.717) is 11.5 Å². The summed E-state index contributed by atoms with van der Waals surface area (Å²) in [6.07, 6.45) is 3.38. The number of ether oxygens (including phenoxy) is 1. The first-order valence-electron chi connectivity index (χ1n) is 8.88. The Hall–Kier alpha value is -2.34. The number of aryl methyl sites for hydroxylation is 1. The van der Waals surface area contributed by atoms with E-state index in [9.17, 15) is 9.59 Å². The molecule has 2 atom stereocenters. The maximum atomic E-state index is 12.1. The quantitative estimate of drug-likeness (QED) is 0.791. The second-order valence-corrected chi connectivity index (χ2v) is 7.13. The molecule has 1 fully saturated rings. The number of H-pyrrole nitrogens is 1. The fourth-order valence-electron chi connectivity index (χ4n) is 4.69. The summed E-state index contributed by atoms with van der Waals surface area (Å²) in [5.74, 6) is -0.455. The predicted octanol–water partition coefficient (Wildman–Crippen LogP) is 1.82. The number of hydrogen-bond acceptors (Lipinski definition) is 3. The van der Waals surface area contributed by atoms with Gasteiger partial charge in [0.2, 0.25) is 5.91 Å². The van der Waals surface area contributed by atoms with Crippen LogP contribution in [-0.4, -0.2) is 30.0 Å². The van der Waals surface area contributed by atoms with E-state index in [0.717, 1.165) is 55.5 Å². The predicted molar refractivity (Wildman–Crippen MR) is 94.1 cm³/mol. The molecule has 2 aromatic rings. The molecule has 6 nitrogen and oxygen atoms in total. The van der Waals surface area contributed by atoms with Crippen LogP contribution in [0.3, 0.4) is 0 Å². The molecule has 2 heterocycles. The molecular weight excluding hydrogens is 318 g/mol. The van der Waals surface area contributed by atoms with E-state index in [1.165, 1.54) is 5.56 Å². The lowest BCUT2D eigenvalue weighted by molar-refractivity contribution is -0.123. The third-order valence-electron chi connectivity index (χ3n) is 5.85. The van der Waals surface area contributed by atoms with Crippen LogP contribution in [0.4, 0.5) is 0 Å². The number of primary amides is 2. The highest BCUT2D eigenvalue weighted by atomic mass is 16.5. The van der Waals surface area contributed by atoms with Crippen LogP contribution in [0.2, 0.25) is 0 Å². The van der Waals surface area contributed by atoms with Crippen LogP contribution in [0.5, 0.6) is 0 Å². The summed E-state index contributed by atoms with van der Waals surface area (Å²) in [5, 5.41) is 1.03. The monoisotopic (exact) mass is 341 g/mol. The minimum Gasteiger partial charge on any atom is -0.381 e. The number of rotatable bonds is 3. The maximum Gasteiger partial charge on any atom is 0.250 e. The van der Waals surface area contributed by atoms with Gasteiger partial charge in [0.25, 0.3) is 5.91 Å². The first-order valence-corrected chi connectivity index (χ1v) is 8.88. The normalized spacial score (nSPS) is 24.2. The molecule has 5 N–H and O–H groups in total. The number of carbonyl (C=O) groups is 2. The van der Waals surface area contributed by atoms with Gasteiger partial charge in [0.1, 0.15) is 0 Å². The second-order valence-electron chi connectivity index (χ2n) is 7.13. The Morgan fingerprint density at radius 3 is 2.56 bits per heavy atom. The van der Waals surface area contributed by atoms with Gasteiger partial charge in [-0.2, -0.15) is 0 Å². The molecule has 132 valence electrons. The van der Waals surface area contributed by atoms with E-state index in [2.05, 4.69) is 4.98 Å². The van der Waals surface area contributed by atoms with Crippen molar-refractivity contribution in [3.63, 3.8) is 0 Å². The number of aromatic amines is 1. The van der Waals surface area contributed by atoms with Gasteiger partial charge >= 0.3 is 0 Å². The van der Waals surface area contributed by atoms with E-state index in [4.69, 9.17) is 16.2 Å². The van der Waals surface area contributed by atoms with Crippen molar-refractivity contribution in [2.24, 2.45) is 23.3 Å². The Kier molecular flexibility index (Phi) is 4.00. The Balaban J connectivity index is 1.88. The van der Waals surface area contributed by atoms with Crippen LogP contribution in [0.25, 0.3) is 10.9 Å². The first-order chi connectivity index (χ1) is 12.1. The van der Waals surface area contributed by atoms with Crippen molar-refractivity contribution in [3.05, 3.63) is 35.0 Å². The zero-order chi connectivity index (χ0) is 17.6. The van der Waals surface area contributed by atoms with Gasteiger partial charge < -0.3 is 21.2 Å². The number of para-hydroxylation sites is 1. The molecule has 1 saturated heterocycles. The Bertz CT molecular complexity index is 836. The van der Waals surface area contributed by atoms with Crippen LogP contribution < -0.4 is 11.5 Å². The molecule has 2 amide bonds.